The average molecular weight is 492 g/mol. The van der Waals surface area contributed by atoms with E-state index >= 15 is 0 Å². The van der Waals surface area contributed by atoms with Crippen molar-refractivity contribution in [1.29, 1.82) is 0 Å². The summed E-state index contributed by atoms with van der Waals surface area (Å²) in [5.74, 6) is -3.88. The van der Waals surface area contributed by atoms with Crippen molar-refractivity contribution in [3.63, 3.8) is 0 Å². The zero-order chi connectivity index (χ0) is 26.3. The van der Waals surface area contributed by atoms with Gasteiger partial charge >= 0.3 is 0 Å². The van der Waals surface area contributed by atoms with Crippen LogP contribution in [0.1, 0.15) is 76.6 Å². The van der Waals surface area contributed by atoms with Gasteiger partial charge in [0.15, 0.2) is 11.6 Å². The van der Waals surface area contributed by atoms with Gasteiger partial charge in [-0.3, -0.25) is 9.78 Å². The lowest BCUT2D eigenvalue weighted by atomic mass is 9.84. The maximum atomic E-state index is 13.9. The van der Waals surface area contributed by atoms with Gasteiger partial charge in [-0.25, -0.2) is 13.5 Å². The Morgan fingerprint density at radius 1 is 1.23 bits per heavy atom. The van der Waals surface area contributed by atoms with Crippen molar-refractivity contribution in [2.24, 2.45) is 5.73 Å². The summed E-state index contributed by atoms with van der Waals surface area (Å²) < 4.78 is 34.4. The molecule has 0 aliphatic carbocycles. The topological polar surface area (TPSA) is 158 Å². The summed E-state index contributed by atoms with van der Waals surface area (Å²) in [4.78, 5) is 17.1. The Labute approximate surface area is 201 Å². The Balaban J connectivity index is 1.79. The van der Waals surface area contributed by atoms with E-state index in [1.165, 1.54) is 26.1 Å². The first-order chi connectivity index (χ1) is 16.1. The number of aromatic nitrogens is 4. The Morgan fingerprint density at radius 3 is 2.40 bits per heavy atom. The molecule has 2 unspecified atom stereocenters. The van der Waals surface area contributed by atoms with E-state index in [1.54, 1.807) is 23.7 Å². The third kappa shape index (κ3) is 5.03. The number of alkyl halides is 2. The summed E-state index contributed by atoms with van der Waals surface area (Å²) in [7, 11) is 0. The molecule has 0 bridgehead atoms. The summed E-state index contributed by atoms with van der Waals surface area (Å²) in [6.07, 6.45) is 0.167. The third-order valence-electron chi connectivity index (χ3n) is 6.17. The second-order valence-electron chi connectivity index (χ2n) is 9.41. The van der Waals surface area contributed by atoms with Crippen molar-refractivity contribution in [3.8, 4) is 11.4 Å². The predicted octanol–water partition coefficient (Wildman–Crippen LogP) is 3.72. The van der Waals surface area contributed by atoms with Crippen LogP contribution in [-0.4, -0.2) is 36.9 Å². The first-order valence-corrected chi connectivity index (χ1v) is 11.1. The number of nitrogens with zero attached hydrogens (tertiary/aromatic N) is 4. The van der Waals surface area contributed by atoms with Gasteiger partial charge in [-0.05, 0) is 46.2 Å². The Kier molecular flexibility index (Phi) is 7.00. The molecule has 3 aromatic rings. The number of nitrogens with one attached hydrogen (secondary N) is 1. The molecule has 2 atom stereocenters. The van der Waals surface area contributed by atoms with Gasteiger partial charge in [0.1, 0.15) is 17.7 Å². The highest BCUT2D eigenvalue weighted by molar-refractivity contribution is 5.94. The molecule has 0 aromatic carbocycles. The number of nitrogen functional groups attached to an aromatic ring is 1. The lowest BCUT2D eigenvalue weighted by Crippen LogP contribution is -2.37. The fourth-order valence-electron chi connectivity index (χ4n) is 3.37. The van der Waals surface area contributed by atoms with Gasteiger partial charge in [0.25, 0.3) is 5.92 Å². The lowest BCUT2D eigenvalue weighted by Gasteiger charge is -2.28. The van der Waals surface area contributed by atoms with Crippen LogP contribution < -0.4 is 16.8 Å². The Bertz CT molecular complexity index is 1190. The van der Waals surface area contributed by atoms with Crippen LogP contribution in [0.15, 0.2) is 28.9 Å². The Hall–Kier alpha value is -3.38. The minimum Gasteiger partial charge on any atom is -0.384 e. The van der Waals surface area contributed by atoms with Gasteiger partial charge in [0.05, 0.1) is 22.6 Å². The van der Waals surface area contributed by atoms with Crippen LogP contribution in [0.5, 0.6) is 0 Å². The van der Waals surface area contributed by atoms with E-state index in [2.05, 4.69) is 20.6 Å². The smallest absolute Gasteiger partial charge is 0.257 e. The first kappa shape index (κ1) is 26.2. The highest BCUT2D eigenvalue weighted by Gasteiger charge is 2.46. The van der Waals surface area contributed by atoms with Gasteiger partial charge < -0.3 is 26.4 Å². The zero-order valence-corrected chi connectivity index (χ0v) is 20.5. The van der Waals surface area contributed by atoms with Crippen LogP contribution in [0.25, 0.3) is 11.4 Å². The van der Waals surface area contributed by atoms with Gasteiger partial charge in [-0.2, -0.15) is 5.10 Å². The number of aliphatic hydroxyl groups excluding tert-OH is 1. The molecule has 0 radical (unpaired) electrons. The number of halogens is 2. The number of anilines is 2. The van der Waals surface area contributed by atoms with Crippen LogP contribution in [0.2, 0.25) is 0 Å². The molecule has 0 aliphatic rings. The van der Waals surface area contributed by atoms with E-state index in [0.29, 0.717) is 17.0 Å². The quantitative estimate of drug-likeness (QED) is 0.347. The number of pyridine rings is 1. The zero-order valence-electron chi connectivity index (χ0n) is 20.5. The number of amides is 1. The fraction of sp³-hybridized carbons (Fsp3) is 0.478. The molecule has 0 spiro atoms. The molecule has 3 heterocycles. The number of rotatable bonds is 8. The SMILES string of the molecule is CC(C(=O)Nc1cc(C(C)(C)C(C)(F)F)on1)c1ccc(-c2nn(C(C)C)c(N)c2C(N)O)nc1. The minimum atomic E-state index is -3.05. The highest BCUT2D eigenvalue weighted by atomic mass is 19.3. The molecule has 3 aromatic heterocycles. The molecule has 0 saturated carbocycles. The normalized spacial score (nSPS) is 14.3. The molecule has 190 valence electrons. The molecule has 10 nitrogen and oxygen atoms in total. The first-order valence-electron chi connectivity index (χ1n) is 11.1. The van der Waals surface area contributed by atoms with E-state index in [4.69, 9.17) is 16.0 Å². The molecule has 6 N–H and O–H groups in total. The van der Waals surface area contributed by atoms with Crippen molar-refractivity contribution in [3.05, 3.63) is 41.3 Å². The van der Waals surface area contributed by atoms with E-state index in [9.17, 15) is 18.7 Å². The lowest BCUT2D eigenvalue weighted by molar-refractivity contribution is -0.117. The van der Waals surface area contributed by atoms with Crippen LogP contribution in [-0.2, 0) is 10.2 Å². The van der Waals surface area contributed by atoms with E-state index in [1.807, 2.05) is 13.8 Å². The monoisotopic (exact) mass is 491 g/mol. The van der Waals surface area contributed by atoms with Crippen molar-refractivity contribution in [2.45, 2.75) is 71.1 Å². The van der Waals surface area contributed by atoms with Gasteiger partial charge in [-0.15, -0.1) is 0 Å². The second-order valence-corrected chi connectivity index (χ2v) is 9.41. The summed E-state index contributed by atoms with van der Waals surface area (Å²) >= 11 is 0. The van der Waals surface area contributed by atoms with Crippen LogP contribution >= 0.6 is 0 Å². The van der Waals surface area contributed by atoms with Crippen LogP contribution in [0.4, 0.5) is 20.4 Å². The summed E-state index contributed by atoms with van der Waals surface area (Å²) in [5, 5.41) is 20.7. The summed E-state index contributed by atoms with van der Waals surface area (Å²) in [6.45, 7) is 8.92. The van der Waals surface area contributed by atoms with E-state index in [0.717, 1.165) is 6.92 Å². The molecule has 0 aliphatic heterocycles. The summed E-state index contributed by atoms with van der Waals surface area (Å²) in [6, 6.07) is 4.57. The number of hydrogen-bond donors (Lipinski definition) is 4. The molecule has 35 heavy (non-hydrogen) atoms. The van der Waals surface area contributed by atoms with E-state index in [-0.39, 0.29) is 29.0 Å². The standard InChI is InChI=1S/C23H31F2N7O3/c1-11(2)32-19(26)17(20(27)33)18(30-32)14-8-7-13(10-28-14)12(3)21(34)29-16-9-15(35-31-16)22(4,5)23(6,24)25/h7-12,20,33H,26-27H2,1-6H3,(H,29,31,34). The van der Waals surface area contributed by atoms with Gasteiger partial charge in [-0.1, -0.05) is 11.2 Å². The molecule has 1 amide bonds. The number of aliphatic hydroxyl groups is 1. The molecule has 12 heteroatoms. The average Bonchev–Trinajstić information content (AvgIpc) is 3.37. The third-order valence-corrected chi connectivity index (χ3v) is 6.17. The number of carbonyl (C=O) groups is 1. The maximum absolute atomic E-state index is 13.9. The molecular weight excluding hydrogens is 460 g/mol. The number of nitrogens with two attached hydrogens (primary N) is 2. The molecule has 3 rings (SSSR count). The summed E-state index contributed by atoms with van der Waals surface area (Å²) in [5.41, 5.74) is 11.8. The van der Waals surface area contributed by atoms with Gasteiger partial charge in [0, 0.05) is 25.2 Å². The Morgan fingerprint density at radius 2 is 1.89 bits per heavy atom. The van der Waals surface area contributed by atoms with Crippen molar-refractivity contribution in [1.82, 2.24) is 19.9 Å². The van der Waals surface area contributed by atoms with Crippen LogP contribution in [0, 0.1) is 0 Å². The van der Waals surface area contributed by atoms with Crippen LogP contribution in [0.3, 0.4) is 0 Å². The fourth-order valence-corrected chi connectivity index (χ4v) is 3.37. The van der Waals surface area contributed by atoms with E-state index < -0.39 is 29.4 Å². The molecule has 0 saturated heterocycles. The van der Waals surface area contributed by atoms with Gasteiger partial charge in [0.2, 0.25) is 5.91 Å². The van der Waals surface area contributed by atoms with Crippen molar-refractivity contribution in [2.75, 3.05) is 11.1 Å². The number of hydrogen-bond acceptors (Lipinski definition) is 8. The molecular formula is C23H31F2N7O3. The predicted molar refractivity (Wildman–Crippen MR) is 127 cm³/mol. The highest BCUT2D eigenvalue weighted by Crippen LogP contribution is 2.39. The second kappa shape index (κ2) is 9.34. The van der Waals surface area contributed by atoms with Crippen molar-refractivity contribution >= 4 is 17.5 Å². The molecule has 0 fully saturated rings. The maximum Gasteiger partial charge on any atom is 0.257 e. The largest absolute Gasteiger partial charge is 0.384 e. The minimum absolute atomic E-state index is 0.0371. The van der Waals surface area contributed by atoms with Crippen molar-refractivity contribution < 1.29 is 23.2 Å². The number of carbonyl (C=O) groups excluding carboxylic acids is 1.